The molecule has 0 spiro atoms. The Hall–Kier alpha value is -4.85. The molecule has 2 aromatic carbocycles. The van der Waals surface area contributed by atoms with Crippen LogP contribution < -0.4 is 5.32 Å². The van der Waals surface area contributed by atoms with Gasteiger partial charge in [0, 0.05) is 47.3 Å². The number of rotatable bonds is 7. The molecule has 0 atom stereocenters. The summed E-state index contributed by atoms with van der Waals surface area (Å²) in [6.07, 6.45) is 8.85. The van der Waals surface area contributed by atoms with Crippen molar-refractivity contribution in [3.63, 3.8) is 0 Å². The topological polar surface area (TPSA) is 106 Å². The molecule has 35 heavy (non-hydrogen) atoms. The summed E-state index contributed by atoms with van der Waals surface area (Å²) in [5.74, 6) is -0.160. The third-order valence-corrected chi connectivity index (χ3v) is 5.60. The van der Waals surface area contributed by atoms with E-state index in [1.807, 2.05) is 43.3 Å². The third kappa shape index (κ3) is 4.63. The lowest BCUT2D eigenvalue weighted by molar-refractivity contribution is 0.101. The third-order valence-electron chi connectivity index (χ3n) is 5.60. The van der Waals surface area contributed by atoms with Crippen molar-refractivity contribution in [2.45, 2.75) is 13.5 Å². The summed E-state index contributed by atoms with van der Waals surface area (Å²) < 4.78 is 1.75. The number of carbonyl (C=O) groups is 2. The average Bonchev–Trinajstić information content (AvgIpc) is 3.54. The zero-order valence-corrected chi connectivity index (χ0v) is 19.0. The van der Waals surface area contributed by atoms with Crippen molar-refractivity contribution in [1.82, 2.24) is 24.7 Å². The van der Waals surface area contributed by atoms with E-state index in [0.717, 1.165) is 22.3 Å². The van der Waals surface area contributed by atoms with E-state index in [1.165, 1.54) is 0 Å². The standard InChI is InChI=1S/C27H22N6O2/c1-2-33-15-14-29-26(33)27(35)30-21-8-5-6-18(16-21)25(34)19-9-11-22-23(31-32-24(22)17-19)12-10-20-7-3-4-13-28-20/h3-17H,2H2,1H3,(H,30,35)(H,31,32)/b12-10+. The number of carbonyl (C=O) groups excluding carboxylic acids is 2. The molecule has 0 aliphatic heterocycles. The highest BCUT2D eigenvalue weighted by atomic mass is 16.2. The minimum atomic E-state index is -0.327. The highest BCUT2D eigenvalue weighted by Gasteiger charge is 2.15. The van der Waals surface area contributed by atoms with Gasteiger partial charge in [-0.05, 0) is 55.5 Å². The molecule has 3 heterocycles. The zero-order valence-electron chi connectivity index (χ0n) is 19.0. The van der Waals surface area contributed by atoms with Crippen LogP contribution in [0, 0.1) is 0 Å². The van der Waals surface area contributed by atoms with Crippen LogP contribution in [0.2, 0.25) is 0 Å². The second-order valence-corrected chi connectivity index (χ2v) is 7.86. The average molecular weight is 463 g/mol. The van der Waals surface area contributed by atoms with Crippen molar-refractivity contribution in [2.24, 2.45) is 0 Å². The van der Waals surface area contributed by atoms with E-state index in [0.29, 0.717) is 29.2 Å². The summed E-state index contributed by atoms with van der Waals surface area (Å²) >= 11 is 0. The maximum atomic E-state index is 13.2. The van der Waals surface area contributed by atoms with E-state index < -0.39 is 0 Å². The predicted molar refractivity (Wildman–Crippen MR) is 135 cm³/mol. The molecule has 0 saturated heterocycles. The maximum Gasteiger partial charge on any atom is 0.291 e. The fourth-order valence-corrected chi connectivity index (χ4v) is 3.81. The van der Waals surface area contributed by atoms with Gasteiger partial charge in [0.2, 0.25) is 0 Å². The fraction of sp³-hybridized carbons (Fsp3) is 0.0741. The first-order chi connectivity index (χ1) is 17.1. The Kier molecular flexibility index (Phi) is 6.00. The number of hydrogen-bond donors (Lipinski definition) is 2. The van der Waals surface area contributed by atoms with Crippen LogP contribution in [0.25, 0.3) is 23.1 Å². The largest absolute Gasteiger partial charge is 0.327 e. The van der Waals surface area contributed by atoms with Crippen LogP contribution in [-0.2, 0) is 6.54 Å². The number of imidazole rings is 1. The Morgan fingerprint density at radius 1 is 0.971 bits per heavy atom. The predicted octanol–water partition coefficient (Wildman–Crippen LogP) is 4.83. The normalized spacial score (nSPS) is 11.2. The molecule has 3 aromatic heterocycles. The van der Waals surface area contributed by atoms with Crippen LogP contribution in [0.1, 0.15) is 44.9 Å². The number of amides is 1. The van der Waals surface area contributed by atoms with E-state index in [2.05, 4.69) is 25.5 Å². The molecule has 8 nitrogen and oxygen atoms in total. The van der Waals surface area contributed by atoms with Gasteiger partial charge in [-0.15, -0.1) is 0 Å². The molecule has 172 valence electrons. The molecule has 5 aromatic rings. The van der Waals surface area contributed by atoms with Crippen molar-refractivity contribution in [3.8, 4) is 0 Å². The quantitative estimate of drug-likeness (QED) is 0.337. The molecule has 5 rings (SSSR count). The van der Waals surface area contributed by atoms with Crippen molar-refractivity contribution in [1.29, 1.82) is 0 Å². The molecule has 0 fully saturated rings. The van der Waals surface area contributed by atoms with Gasteiger partial charge >= 0.3 is 0 Å². The van der Waals surface area contributed by atoms with Crippen LogP contribution in [0.4, 0.5) is 5.69 Å². The molecule has 8 heteroatoms. The number of H-pyrrole nitrogens is 1. The fourth-order valence-electron chi connectivity index (χ4n) is 3.81. The smallest absolute Gasteiger partial charge is 0.291 e. The summed E-state index contributed by atoms with van der Waals surface area (Å²) in [5.41, 5.74) is 3.87. The van der Waals surface area contributed by atoms with Gasteiger partial charge in [-0.25, -0.2) is 4.98 Å². The minimum Gasteiger partial charge on any atom is -0.327 e. The molecule has 0 saturated carbocycles. The summed E-state index contributed by atoms with van der Waals surface area (Å²) in [7, 11) is 0. The first-order valence-electron chi connectivity index (χ1n) is 11.2. The Bertz CT molecular complexity index is 1550. The zero-order chi connectivity index (χ0) is 24.2. The van der Waals surface area contributed by atoms with Gasteiger partial charge in [0.15, 0.2) is 11.6 Å². The molecule has 0 aliphatic carbocycles. The van der Waals surface area contributed by atoms with Crippen LogP contribution in [0.3, 0.4) is 0 Å². The number of nitrogens with zero attached hydrogens (tertiary/aromatic N) is 4. The molecule has 0 aliphatic rings. The van der Waals surface area contributed by atoms with Crippen molar-refractivity contribution in [2.75, 3.05) is 5.32 Å². The number of benzene rings is 2. The van der Waals surface area contributed by atoms with Gasteiger partial charge in [0.1, 0.15) is 0 Å². The number of hydrogen-bond acceptors (Lipinski definition) is 5. The highest BCUT2D eigenvalue weighted by molar-refractivity contribution is 6.11. The van der Waals surface area contributed by atoms with Crippen LogP contribution in [0.5, 0.6) is 0 Å². The molecule has 1 amide bonds. The van der Waals surface area contributed by atoms with E-state index in [4.69, 9.17) is 0 Å². The SMILES string of the molecule is CCn1ccnc1C(=O)Nc1cccc(C(=O)c2ccc3c(/C=C/c4ccccn4)n[nH]c3c2)c1. The molecular weight excluding hydrogens is 440 g/mol. The van der Waals surface area contributed by atoms with E-state index in [9.17, 15) is 9.59 Å². The van der Waals surface area contributed by atoms with Crippen molar-refractivity contribution < 1.29 is 9.59 Å². The minimum absolute atomic E-state index is 0.154. The maximum absolute atomic E-state index is 13.2. The van der Waals surface area contributed by atoms with E-state index in [-0.39, 0.29) is 11.7 Å². The number of nitrogens with one attached hydrogen (secondary N) is 2. The molecule has 0 unspecified atom stereocenters. The van der Waals surface area contributed by atoms with Crippen LogP contribution >= 0.6 is 0 Å². The molecule has 0 bridgehead atoms. The lowest BCUT2D eigenvalue weighted by atomic mass is 10.0. The van der Waals surface area contributed by atoms with E-state index >= 15 is 0 Å². The highest BCUT2D eigenvalue weighted by Crippen LogP contribution is 2.22. The number of pyridine rings is 1. The molecule has 2 N–H and O–H groups in total. The number of ketones is 1. The Morgan fingerprint density at radius 3 is 2.69 bits per heavy atom. The summed E-state index contributed by atoms with van der Waals surface area (Å²) in [4.78, 5) is 34.2. The summed E-state index contributed by atoms with van der Waals surface area (Å²) in [6.45, 7) is 2.58. The second kappa shape index (κ2) is 9.56. The van der Waals surface area contributed by atoms with Gasteiger partial charge in [0.05, 0.1) is 16.9 Å². The lowest BCUT2D eigenvalue weighted by Crippen LogP contribution is -2.18. The lowest BCUT2D eigenvalue weighted by Gasteiger charge is -2.08. The van der Waals surface area contributed by atoms with Crippen molar-refractivity contribution >= 4 is 40.4 Å². The van der Waals surface area contributed by atoms with Gasteiger partial charge < -0.3 is 9.88 Å². The van der Waals surface area contributed by atoms with Crippen LogP contribution in [0.15, 0.2) is 79.3 Å². The summed E-state index contributed by atoms with van der Waals surface area (Å²) in [6, 6.07) is 18.0. The number of fused-ring (bicyclic) bond motifs is 1. The number of aromatic nitrogens is 5. The molecule has 0 radical (unpaired) electrons. The van der Waals surface area contributed by atoms with Gasteiger partial charge in [-0.2, -0.15) is 5.10 Å². The number of aryl methyl sites for hydroxylation is 1. The van der Waals surface area contributed by atoms with E-state index in [1.54, 1.807) is 59.6 Å². The van der Waals surface area contributed by atoms with Gasteiger partial charge in [-0.1, -0.05) is 24.3 Å². The summed E-state index contributed by atoms with van der Waals surface area (Å²) in [5, 5.41) is 11.1. The Balaban J connectivity index is 1.35. The Labute approximate surface area is 201 Å². The Morgan fingerprint density at radius 2 is 1.86 bits per heavy atom. The van der Waals surface area contributed by atoms with Crippen molar-refractivity contribution in [3.05, 3.63) is 108 Å². The number of aromatic amines is 1. The van der Waals surface area contributed by atoms with Crippen LogP contribution in [-0.4, -0.2) is 36.4 Å². The van der Waals surface area contributed by atoms with Gasteiger partial charge in [-0.3, -0.25) is 19.7 Å². The number of anilines is 1. The monoisotopic (exact) mass is 462 g/mol. The second-order valence-electron chi connectivity index (χ2n) is 7.86. The van der Waals surface area contributed by atoms with Gasteiger partial charge in [0.25, 0.3) is 5.91 Å². The molecular formula is C27H22N6O2. The first kappa shape index (κ1) is 22.0. The first-order valence-corrected chi connectivity index (χ1v) is 11.2.